The molecule has 9 heteroatoms. The van der Waals surface area contributed by atoms with E-state index in [2.05, 4.69) is 15.5 Å². The van der Waals surface area contributed by atoms with Crippen LogP contribution in [0.1, 0.15) is 5.82 Å². The minimum Gasteiger partial charge on any atom is -0.497 e. The van der Waals surface area contributed by atoms with E-state index in [1.54, 1.807) is 25.3 Å². The molecular weight excluding hydrogens is 407 g/mol. The number of carbonyl (C=O) groups excluding carboxylic acids is 1. The van der Waals surface area contributed by atoms with E-state index >= 15 is 0 Å². The molecule has 0 spiro atoms. The van der Waals surface area contributed by atoms with Gasteiger partial charge in [-0.3, -0.25) is 9.36 Å². The fourth-order valence-corrected chi connectivity index (χ4v) is 3.51. The van der Waals surface area contributed by atoms with Gasteiger partial charge in [0.05, 0.1) is 23.6 Å². The van der Waals surface area contributed by atoms with Gasteiger partial charge in [0, 0.05) is 10.7 Å². The van der Waals surface area contributed by atoms with Crippen LogP contribution in [0.3, 0.4) is 0 Å². The van der Waals surface area contributed by atoms with Crippen molar-refractivity contribution in [2.24, 2.45) is 0 Å². The van der Waals surface area contributed by atoms with Crippen LogP contribution in [0.2, 0.25) is 10.0 Å². The van der Waals surface area contributed by atoms with Crippen molar-refractivity contribution in [1.29, 1.82) is 0 Å². The predicted molar refractivity (Wildman–Crippen MR) is 108 cm³/mol. The molecule has 0 saturated carbocycles. The van der Waals surface area contributed by atoms with Crippen LogP contribution in [0.4, 0.5) is 5.69 Å². The van der Waals surface area contributed by atoms with E-state index in [0.717, 1.165) is 17.3 Å². The largest absolute Gasteiger partial charge is 0.497 e. The van der Waals surface area contributed by atoms with Gasteiger partial charge in [-0.15, -0.1) is 10.2 Å². The van der Waals surface area contributed by atoms with Crippen LogP contribution < -0.4 is 10.1 Å². The zero-order chi connectivity index (χ0) is 19.4. The van der Waals surface area contributed by atoms with E-state index < -0.39 is 0 Å². The first-order valence-electron chi connectivity index (χ1n) is 7.92. The molecule has 0 radical (unpaired) electrons. The number of carbonyl (C=O) groups is 1. The van der Waals surface area contributed by atoms with E-state index in [0.29, 0.717) is 20.9 Å². The highest BCUT2D eigenvalue weighted by Crippen LogP contribution is 2.27. The molecule has 1 aromatic heterocycles. The van der Waals surface area contributed by atoms with E-state index in [-0.39, 0.29) is 11.7 Å². The monoisotopic (exact) mass is 422 g/mol. The van der Waals surface area contributed by atoms with Crippen molar-refractivity contribution in [1.82, 2.24) is 14.8 Å². The molecule has 0 bridgehead atoms. The molecule has 0 saturated heterocycles. The lowest BCUT2D eigenvalue weighted by atomic mass is 10.3. The quantitative estimate of drug-likeness (QED) is 0.586. The lowest BCUT2D eigenvalue weighted by molar-refractivity contribution is -0.113. The number of amides is 1. The van der Waals surface area contributed by atoms with Crippen molar-refractivity contribution in [3.05, 3.63) is 58.3 Å². The topological polar surface area (TPSA) is 69.0 Å². The predicted octanol–water partition coefficient (Wildman–Crippen LogP) is 4.62. The number of hydrogen-bond donors (Lipinski definition) is 1. The van der Waals surface area contributed by atoms with Gasteiger partial charge in [-0.05, 0) is 49.4 Å². The molecule has 0 aliphatic carbocycles. The van der Waals surface area contributed by atoms with Crippen molar-refractivity contribution < 1.29 is 9.53 Å². The van der Waals surface area contributed by atoms with E-state index in [1.165, 1.54) is 11.8 Å². The van der Waals surface area contributed by atoms with Gasteiger partial charge in [0.2, 0.25) is 5.91 Å². The van der Waals surface area contributed by atoms with Crippen LogP contribution in [-0.4, -0.2) is 33.5 Å². The molecule has 1 N–H and O–H groups in total. The van der Waals surface area contributed by atoms with Crippen LogP contribution in [0, 0.1) is 6.92 Å². The van der Waals surface area contributed by atoms with Crippen molar-refractivity contribution in [3.63, 3.8) is 0 Å². The second-order valence-electron chi connectivity index (χ2n) is 5.52. The average Bonchev–Trinajstić information content (AvgIpc) is 3.03. The number of thioether (sulfide) groups is 1. The molecule has 0 unspecified atom stereocenters. The molecule has 1 heterocycles. The standard InChI is InChI=1S/C18H16Cl2N4O2S/c1-11-22-23-18(24(11)13-4-6-14(26-2)7-5-13)27-10-17(25)21-16-9-12(19)3-8-15(16)20/h3-9H,10H2,1-2H3,(H,21,25). The third kappa shape index (κ3) is 4.74. The number of rotatable bonds is 6. The lowest BCUT2D eigenvalue weighted by Crippen LogP contribution is -2.15. The maximum absolute atomic E-state index is 12.3. The lowest BCUT2D eigenvalue weighted by Gasteiger charge is -2.10. The Morgan fingerprint density at radius 3 is 2.63 bits per heavy atom. The van der Waals surface area contributed by atoms with Crippen molar-refractivity contribution in [3.8, 4) is 11.4 Å². The average molecular weight is 423 g/mol. The Morgan fingerprint density at radius 1 is 1.19 bits per heavy atom. The van der Waals surface area contributed by atoms with Crippen LogP contribution in [-0.2, 0) is 4.79 Å². The smallest absolute Gasteiger partial charge is 0.234 e. The second kappa shape index (κ2) is 8.65. The van der Waals surface area contributed by atoms with Crippen LogP contribution >= 0.6 is 35.0 Å². The Labute approximate surface area is 170 Å². The molecule has 1 amide bonds. The fourth-order valence-electron chi connectivity index (χ4n) is 2.37. The zero-order valence-electron chi connectivity index (χ0n) is 14.6. The maximum Gasteiger partial charge on any atom is 0.234 e. The third-order valence-corrected chi connectivity index (χ3v) is 5.15. The number of ether oxygens (including phenoxy) is 1. The Kier molecular flexibility index (Phi) is 6.26. The normalized spacial score (nSPS) is 10.7. The summed E-state index contributed by atoms with van der Waals surface area (Å²) in [5.74, 6) is 1.42. The Hall–Kier alpha value is -2.22. The number of nitrogens with zero attached hydrogens (tertiary/aromatic N) is 3. The summed E-state index contributed by atoms with van der Waals surface area (Å²) in [5.41, 5.74) is 1.36. The summed E-state index contributed by atoms with van der Waals surface area (Å²) in [7, 11) is 1.62. The first kappa shape index (κ1) is 19.5. The van der Waals surface area contributed by atoms with Crippen molar-refractivity contribution in [2.75, 3.05) is 18.2 Å². The number of aryl methyl sites for hydroxylation is 1. The van der Waals surface area contributed by atoms with E-state index in [9.17, 15) is 4.79 Å². The Balaban J connectivity index is 1.71. The Morgan fingerprint density at radius 2 is 1.93 bits per heavy atom. The summed E-state index contributed by atoms with van der Waals surface area (Å²) >= 11 is 13.3. The van der Waals surface area contributed by atoms with Gasteiger partial charge in [-0.1, -0.05) is 35.0 Å². The van der Waals surface area contributed by atoms with Crippen LogP contribution in [0.25, 0.3) is 5.69 Å². The number of aromatic nitrogens is 3. The first-order valence-corrected chi connectivity index (χ1v) is 9.66. The summed E-state index contributed by atoms with van der Waals surface area (Å²) in [6, 6.07) is 12.4. The third-order valence-electron chi connectivity index (χ3n) is 3.66. The zero-order valence-corrected chi connectivity index (χ0v) is 16.9. The SMILES string of the molecule is COc1ccc(-n2c(C)nnc2SCC(=O)Nc2cc(Cl)ccc2Cl)cc1. The molecule has 0 atom stereocenters. The summed E-state index contributed by atoms with van der Waals surface area (Å²) < 4.78 is 7.06. The highest BCUT2D eigenvalue weighted by Gasteiger charge is 2.14. The van der Waals surface area contributed by atoms with E-state index in [1.807, 2.05) is 35.8 Å². The van der Waals surface area contributed by atoms with Gasteiger partial charge in [-0.2, -0.15) is 0 Å². The molecule has 0 fully saturated rings. The van der Waals surface area contributed by atoms with Gasteiger partial charge in [0.15, 0.2) is 5.16 Å². The molecule has 3 rings (SSSR count). The van der Waals surface area contributed by atoms with Gasteiger partial charge in [0.25, 0.3) is 0 Å². The number of halogens is 2. The Bertz CT molecular complexity index is 960. The van der Waals surface area contributed by atoms with Crippen LogP contribution in [0.5, 0.6) is 5.75 Å². The molecule has 27 heavy (non-hydrogen) atoms. The number of nitrogens with one attached hydrogen (secondary N) is 1. The highest BCUT2D eigenvalue weighted by atomic mass is 35.5. The van der Waals surface area contributed by atoms with Gasteiger partial charge < -0.3 is 10.1 Å². The van der Waals surface area contributed by atoms with Crippen molar-refractivity contribution >= 4 is 46.6 Å². The van der Waals surface area contributed by atoms with Gasteiger partial charge >= 0.3 is 0 Å². The van der Waals surface area contributed by atoms with Gasteiger partial charge in [-0.25, -0.2) is 0 Å². The minimum atomic E-state index is -0.217. The fraction of sp³-hybridized carbons (Fsp3) is 0.167. The molecule has 3 aromatic rings. The first-order chi connectivity index (χ1) is 13.0. The molecular formula is C18H16Cl2N4O2S. The molecule has 0 aliphatic rings. The highest BCUT2D eigenvalue weighted by molar-refractivity contribution is 7.99. The minimum absolute atomic E-state index is 0.150. The summed E-state index contributed by atoms with van der Waals surface area (Å²) in [6.45, 7) is 1.85. The number of methoxy groups -OCH3 is 1. The molecule has 6 nitrogen and oxygen atoms in total. The van der Waals surface area contributed by atoms with E-state index in [4.69, 9.17) is 27.9 Å². The number of hydrogen-bond acceptors (Lipinski definition) is 5. The van der Waals surface area contributed by atoms with Crippen molar-refractivity contribution in [2.45, 2.75) is 12.1 Å². The molecule has 0 aliphatic heterocycles. The maximum atomic E-state index is 12.3. The number of anilines is 1. The molecule has 2 aromatic carbocycles. The van der Waals surface area contributed by atoms with Crippen LogP contribution in [0.15, 0.2) is 47.6 Å². The van der Waals surface area contributed by atoms with Gasteiger partial charge in [0.1, 0.15) is 11.6 Å². The molecule has 140 valence electrons. The summed E-state index contributed by atoms with van der Waals surface area (Å²) in [4.78, 5) is 12.3. The summed E-state index contributed by atoms with van der Waals surface area (Å²) in [6.07, 6.45) is 0. The summed E-state index contributed by atoms with van der Waals surface area (Å²) in [5, 5.41) is 12.6. The second-order valence-corrected chi connectivity index (χ2v) is 7.31. The number of benzene rings is 2.